The van der Waals surface area contributed by atoms with Crippen LogP contribution in [0.15, 0.2) is 36.4 Å². The molecule has 3 rings (SSSR count). The molecule has 4 heteroatoms. The Balaban J connectivity index is 1.92. The molecular weight excluding hydrogens is 276 g/mol. The second-order valence-corrected chi connectivity index (χ2v) is 5.82. The van der Waals surface area contributed by atoms with Crippen LogP contribution in [0.3, 0.4) is 0 Å². The van der Waals surface area contributed by atoms with Crippen molar-refractivity contribution < 1.29 is 9.53 Å². The number of benzene rings is 2. The summed E-state index contributed by atoms with van der Waals surface area (Å²) in [5.74, 6) is 1.48. The summed E-state index contributed by atoms with van der Waals surface area (Å²) in [5, 5.41) is 5.15. The average Bonchev–Trinajstić information content (AvgIpc) is 3.02. The van der Waals surface area contributed by atoms with Gasteiger partial charge in [0.05, 0.1) is 7.11 Å². The van der Waals surface area contributed by atoms with Crippen LogP contribution in [0.1, 0.15) is 16.8 Å². The van der Waals surface area contributed by atoms with E-state index in [9.17, 15) is 4.79 Å². The van der Waals surface area contributed by atoms with Crippen molar-refractivity contribution in [2.45, 2.75) is 6.42 Å². The van der Waals surface area contributed by atoms with Gasteiger partial charge in [-0.15, -0.1) is 0 Å². The molecule has 0 bridgehead atoms. The second-order valence-electron chi connectivity index (χ2n) is 5.82. The lowest BCUT2D eigenvalue weighted by atomic mass is 10.0. The number of methoxy groups -OCH3 is 1. The number of likely N-dealkylation sites (tertiary alicyclic amines) is 1. The predicted molar refractivity (Wildman–Crippen MR) is 88.4 cm³/mol. The van der Waals surface area contributed by atoms with E-state index in [1.54, 1.807) is 7.11 Å². The number of rotatable bonds is 4. The van der Waals surface area contributed by atoms with Gasteiger partial charge in [0.1, 0.15) is 5.75 Å². The number of hydrogen-bond acceptors (Lipinski definition) is 3. The summed E-state index contributed by atoms with van der Waals surface area (Å²) in [6.45, 7) is 2.64. The number of fused-ring (bicyclic) bond motifs is 1. The standard InChI is InChI=1S/C18H22N2O2/c1-19-11-13-9-10-20(12-13)18(21)16-7-8-17(22-2)15-6-4-3-5-14(15)16/h3-8,13,19H,9-12H2,1-2H3. The fourth-order valence-electron chi connectivity index (χ4n) is 3.28. The van der Waals surface area contributed by atoms with E-state index in [1.807, 2.05) is 48.3 Å². The van der Waals surface area contributed by atoms with Gasteiger partial charge in [-0.1, -0.05) is 24.3 Å². The van der Waals surface area contributed by atoms with Gasteiger partial charge in [0.15, 0.2) is 0 Å². The van der Waals surface area contributed by atoms with Gasteiger partial charge in [-0.05, 0) is 43.5 Å². The van der Waals surface area contributed by atoms with E-state index in [0.29, 0.717) is 5.92 Å². The SMILES string of the molecule is CNCC1CCN(C(=O)c2ccc(OC)c3ccccc23)C1. The summed E-state index contributed by atoms with van der Waals surface area (Å²) in [4.78, 5) is 14.8. The Kier molecular flexibility index (Phi) is 4.29. The Morgan fingerprint density at radius 1 is 1.27 bits per heavy atom. The van der Waals surface area contributed by atoms with E-state index in [2.05, 4.69) is 5.32 Å². The number of hydrogen-bond donors (Lipinski definition) is 1. The molecule has 1 N–H and O–H groups in total. The first-order valence-corrected chi connectivity index (χ1v) is 7.74. The molecule has 0 saturated carbocycles. The van der Waals surface area contributed by atoms with E-state index in [1.165, 1.54) is 0 Å². The van der Waals surface area contributed by atoms with Crippen molar-refractivity contribution in [2.24, 2.45) is 5.92 Å². The molecule has 1 aliphatic rings. The molecule has 1 saturated heterocycles. The van der Waals surface area contributed by atoms with Crippen LogP contribution in [0.25, 0.3) is 10.8 Å². The third kappa shape index (κ3) is 2.66. The Labute approximate surface area is 131 Å². The minimum absolute atomic E-state index is 0.123. The molecule has 1 atom stereocenters. The molecule has 2 aromatic rings. The van der Waals surface area contributed by atoms with Crippen molar-refractivity contribution in [3.63, 3.8) is 0 Å². The van der Waals surface area contributed by atoms with Gasteiger partial charge < -0.3 is 15.0 Å². The molecule has 2 aromatic carbocycles. The Bertz CT molecular complexity index is 684. The van der Waals surface area contributed by atoms with Gasteiger partial charge in [0.2, 0.25) is 0 Å². The fraction of sp³-hybridized carbons (Fsp3) is 0.389. The summed E-state index contributed by atoms with van der Waals surface area (Å²) < 4.78 is 5.40. The number of carbonyl (C=O) groups excluding carboxylic acids is 1. The molecule has 1 amide bonds. The highest BCUT2D eigenvalue weighted by molar-refractivity contribution is 6.08. The summed E-state index contributed by atoms with van der Waals surface area (Å²) in [6.07, 6.45) is 1.07. The minimum Gasteiger partial charge on any atom is -0.496 e. The van der Waals surface area contributed by atoms with E-state index in [-0.39, 0.29) is 5.91 Å². The van der Waals surface area contributed by atoms with Crippen LogP contribution >= 0.6 is 0 Å². The maximum absolute atomic E-state index is 12.9. The first-order chi connectivity index (χ1) is 10.7. The second kappa shape index (κ2) is 6.36. The van der Waals surface area contributed by atoms with E-state index in [4.69, 9.17) is 4.74 Å². The van der Waals surface area contributed by atoms with Crippen molar-refractivity contribution in [1.82, 2.24) is 10.2 Å². The topological polar surface area (TPSA) is 41.6 Å². The first kappa shape index (κ1) is 14.9. The molecule has 1 heterocycles. The number of nitrogens with zero attached hydrogens (tertiary/aromatic N) is 1. The number of amides is 1. The maximum Gasteiger partial charge on any atom is 0.254 e. The third-order valence-corrected chi connectivity index (χ3v) is 4.40. The van der Waals surface area contributed by atoms with Crippen LogP contribution in [0.2, 0.25) is 0 Å². The predicted octanol–water partition coefficient (Wildman–Crippen LogP) is 2.53. The lowest BCUT2D eigenvalue weighted by molar-refractivity contribution is 0.0789. The highest BCUT2D eigenvalue weighted by Gasteiger charge is 2.27. The van der Waals surface area contributed by atoms with E-state index < -0.39 is 0 Å². The monoisotopic (exact) mass is 298 g/mol. The zero-order valence-electron chi connectivity index (χ0n) is 13.1. The molecule has 0 aliphatic carbocycles. The van der Waals surface area contributed by atoms with Crippen molar-refractivity contribution in [3.05, 3.63) is 42.0 Å². The van der Waals surface area contributed by atoms with Crippen molar-refractivity contribution in [2.75, 3.05) is 33.8 Å². The number of carbonyl (C=O) groups is 1. The summed E-state index contributed by atoms with van der Waals surface area (Å²) in [6, 6.07) is 11.7. The van der Waals surface area contributed by atoms with Crippen molar-refractivity contribution >= 4 is 16.7 Å². The molecule has 116 valence electrons. The quantitative estimate of drug-likeness (QED) is 0.943. The van der Waals surface area contributed by atoms with Gasteiger partial charge in [-0.25, -0.2) is 0 Å². The average molecular weight is 298 g/mol. The molecular formula is C18H22N2O2. The normalized spacial score (nSPS) is 17.9. The number of nitrogens with one attached hydrogen (secondary N) is 1. The van der Waals surface area contributed by atoms with Gasteiger partial charge in [-0.2, -0.15) is 0 Å². The highest BCUT2D eigenvalue weighted by Crippen LogP contribution is 2.30. The largest absolute Gasteiger partial charge is 0.496 e. The molecule has 1 fully saturated rings. The van der Waals surface area contributed by atoms with Crippen LogP contribution in [-0.2, 0) is 0 Å². The molecule has 4 nitrogen and oxygen atoms in total. The van der Waals surface area contributed by atoms with E-state index in [0.717, 1.165) is 48.1 Å². The van der Waals surface area contributed by atoms with Crippen molar-refractivity contribution in [3.8, 4) is 5.75 Å². The number of ether oxygens (including phenoxy) is 1. The van der Waals surface area contributed by atoms with Crippen LogP contribution in [-0.4, -0.2) is 44.6 Å². The first-order valence-electron chi connectivity index (χ1n) is 7.74. The van der Waals surface area contributed by atoms with Crippen LogP contribution in [0.5, 0.6) is 5.75 Å². The maximum atomic E-state index is 12.9. The van der Waals surface area contributed by atoms with Gasteiger partial charge in [0, 0.05) is 24.0 Å². The molecule has 22 heavy (non-hydrogen) atoms. The molecule has 0 spiro atoms. The summed E-state index contributed by atoms with van der Waals surface area (Å²) in [7, 11) is 3.62. The van der Waals surface area contributed by atoms with Crippen LogP contribution in [0.4, 0.5) is 0 Å². The van der Waals surface area contributed by atoms with Gasteiger partial charge in [0.25, 0.3) is 5.91 Å². The smallest absolute Gasteiger partial charge is 0.254 e. The fourth-order valence-corrected chi connectivity index (χ4v) is 3.28. The summed E-state index contributed by atoms with van der Waals surface area (Å²) in [5.41, 5.74) is 0.765. The summed E-state index contributed by atoms with van der Waals surface area (Å²) >= 11 is 0. The molecule has 1 aliphatic heterocycles. The van der Waals surface area contributed by atoms with Gasteiger partial charge in [-0.3, -0.25) is 4.79 Å². The van der Waals surface area contributed by atoms with Gasteiger partial charge >= 0.3 is 0 Å². The lowest BCUT2D eigenvalue weighted by Crippen LogP contribution is -2.30. The Morgan fingerprint density at radius 2 is 2.05 bits per heavy atom. The van der Waals surface area contributed by atoms with E-state index >= 15 is 0 Å². The highest BCUT2D eigenvalue weighted by atomic mass is 16.5. The van der Waals surface area contributed by atoms with Crippen LogP contribution < -0.4 is 10.1 Å². The molecule has 1 unspecified atom stereocenters. The lowest BCUT2D eigenvalue weighted by Gasteiger charge is -2.18. The minimum atomic E-state index is 0.123. The Hall–Kier alpha value is -2.07. The third-order valence-electron chi connectivity index (χ3n) is 4.40. The zero-order valence-corrected chi connectivity index (χ0v) is 13.1. The zero-order chi connectivity index (χ0) is 15.5. The van der Waals surface area contributed by atoms with Crippen molar-refractivity contribution in [1.29, 1.82) is 0 Å². The molecule has 0 radical (unpaired) electrons. The molecule has 0 aromatic heterocycles. The van der Waals surface area contributed by atoms with Crippen LogP contribution in [0, 0.1) is 5.92 Å². The Morgan fingerprint density at radius 3 is 2.77 bits per heavy atom.